The van der Waals surface area contributed by atoms with Crippen LogP contribution >= 0.6 is 14.3 Å². The Morgan fingerprint density at radius 3 is 1.15 bits per heavy atom. The van der Waals surface area contributed by atoms with Gasteiger partial charge in [0.1, 0.15) is 78.3 Å². The number of anilines is 5. The molecule has 0 bridgehead atoms. The fraction of sp³-hybridized carbons (Fsp3) is 0.696. The smallest absolute Gasteiger partial charge is 0.271 e. The monoisotopic (exact) mass is 1650 g/mol. The third kappa shape index (κ3) is 29.8. The molecule has 0 saturated heterocycles. The highest BCUT2D eigenvalue weighted by molar-refractivity contribution is 7.71. The van der Waals surface area contributed by atoms with Crippen LogP contribution in [0.2, 0.25) is 0 Å². The largest absolute Gasteiger partial charge is 0.491 e. The third-order valence-corrected chi connectivity index (χ3v) is 29.6. The number of nitrogens with one attached hydrogen (secondary N) is 2. The topological polar surface area (TPSA) is 300 Å². The Morgan fingerprint density at radius 1 is 0.414 bits per heavy atom. The van der Waals surface area contributed by atoms with Crippen molar-refractivity contribution in [2.75, 3.05) is 125 Å². The SMILES string of the molecule is CCCCCCCCCCCCCCCCCNc1c(N(CCCCOn2c(CCCC)nc3c(N)nc4cc(P(=O)(CC)CC)ccc4c32)CCCN(C)C)c(=O)c1=O.CCCCCCCCCCCCCCCCCNc1c(OC)c(=O)c1=O.CCCCc1nc2c(N)nc3cc(P(=O)(CC)CC)ccc3c2n1OCCCCN. The number of pyridine rings is 2. The second kappa shape index (κ2) is 54.3. The lowest BCUT2D eigenvalue weighted by molar-refractivity contribution is 0.109. The Bertz CT molecular complexity index is 4370. The predicted octanol–water partition coefficient (Wildman–Crippen LogP) is 19.4. The summed E-state index contributed by atoms with van der Waals surface area (Å²) in [5.41, 5.74) is 22.5. The summed E-state index contributed by atoms with van der Waals surface area (Å²) in [5, 5.41) is 9.86. The van der Waals surface area contributed by atoms with Gasteiger partial charge in [-0.25, -0.2) is 19.9 Å². The van der Waals surface area contributed by atoms with Crippen LogP contribution in [0.25, 0.3) is 43.9 Å². The van der Waals surface area contributed by atoms with Crippen molar-refractivity contribution in [3.05, 3.63) is 88.9 Å². The van der Waals surface area contributed by atoms with Crippen LogP contribution in [0.1, 0.15) is 317 Å². The molecule has 0 fully saturated rings. The number of nitrogen functional groups attached to an aromatic ring is 2. The van der Waals surface area contributed by atoms with Crippen LogP contribution in [0.4, 0.5) is 28.7 Å². The molecule has 0 saturated carbocycles. The first-order valence-electron chi connectivity index (χ1n) is 45.7. The highest BCUT2D eigenvalue weighted by Crippen LogP contribution is 2.46. The van der Waals surface area contributed by atoms with E-state index in [0.29, 0.717) is 109 Å². The average Bonchev–Trinajstić information content (AvgIpc) is 1.54. The van der Waals surface area contributed by atoms with E-state index in [4.69, 9.17) is 46.6 Å². The van der Waals surface area contributed by atoms with E-state index in [1.807, 2.05) is 73.6 Å². The van der Waals surface area contributed by atoms with Gasteiger partial charge in [0.15, 0.2) is 17.4 Å². The van der Waals surface area contributed by atoms with E-state index in [2.05, 4.69) is 67.2 Å². The van der Waals surface area contributed by atoms with Crippen LogP contribution in [0, 0.1) is 0 Å². The Morgan fingerprint density at radius 2 is 0.776 bits per heavy atom. The van der Waals surface area contributed by atoms with Crippen LogP contribution < -0.4 is 79.5 Å². The Balaban J connectivity index is 0.000000309. The van der Waals surface area contributed by atoms with Gasteiger partial charge >= 0.3 is 0 Å². The number of aromatic nitrogens is 6. The minimum atomic E-state index is -2.50. The number of aryl methyl sites for hydroxylation is 2. The van der Waals surface area contributed by atoms with Gasteiger partial charge < -0.3 is 61.2 Å². The maximum absolute atomic E-state index is 13.6. The van der Waals surface area contributed by atoms with Crippen LogP contribution in [-0.4, -0.2) is 133 Å². The zero-order chi connectivity index (χ0) is 84.1. The minimum absolute atomic E-state index is 0.191. The molecule has 0 aliphatic heterocycles. The molecule has 8 N–H and O–H groups in total. The fourth-order valence-electron chi connectivity index (χ4n) is 15.5. The maximum atomic E-state index is 13.6. The fourth-order valence-corrected chi connectivity index (χ4v) is 19.3. The number of hydrogen-bond acceptors (Lipinski definition) is 20. The number of ether oxygens (including phenoxy) is 1. The predicted molar refractivity (Wildman–Crippen MR) is 495 cm³/mol. The van der Waals surface area contributed by atoms with E-state index >= 15 is 0 Å². The van der Waals surface area contributed by atoms with Gasteiger partial charge in [-0.15, -0.1) is 0 Å². The molecule has 4 heterocycles. The first-order valence-corrected chi connectivity index (χ1v) is 49.9. The van der Waals surface area contributed by atoms with Crippen molar-refractivity contribution in [2.45, 2.75) is 319 Å². The lowest BCUT2D eigenvalue weighted by atomic mass is 10.0. The van der Waals surface area contributed by atoms with Gasteiger partial charge in [-0.05, 0) is 109 Å². The standard InChI is InChI=1S/C48H80N7O4P.C22H34N5O2P.C22H39NO3/c1-7-11-13-14-15-16-17-18-19-20-21-22-23-24-25-32-50-42-45(47(57)46(42)56)54(35-28-33-53(5)6)34-26-27-36-59-55-41(29-12-8-2)52-43-44(55)39-31-30-38(60(58,9-3)10-4)37-40(39)51-48(43)49;1-4-7-10-19-26-20-21(27(19)29-14-9-8-13-23)17-12-11-16(30(28,5-2)6-3)15-18(17)25-22(20)24;1-3-4-5-6-7-8-9-10-11-12-13-14-15-16-17-18-23-19-20(24)21(25)22(19)26-2/h30-31,37,50H,7-29,32-36H2,1-6H3,(H2,49,51);11-12,15H,4-10,13-14,23H2,1-3H3,(H2,24,25);23H,3-18H2,1-2H3. The minimum Gasteiger partial charge on any atom is -0.491 e. The number of unbranched alkanes of at least 4 members (excludes halogenated alkanes) is 32. The van der Waals surface area contributed by atoms with E-state index in [-0.39, 0.29) is 16.6 Å². The lowest BCUT2D eigenvalue weighted by Gasteiger charge is -2.28. The number of nitrogens with zero attached hydrogens (tertiary/aromatic N) is 8. The molecular weight excluding hydrogens is 1490 g/mol. The molecule has 116 heavy (non-hydrogen) atoms. The quantitative estimate of drug-likeness (QED) is 0.0134. The highest BCUT2D eigenvalue weighted by atomic mass is 31.2. The first kappa shape index (κ1) is 98.0. The van der Waals surface area contributed by atoms with E-state index in [0.717, 1.165) is 153 Å². The van der Waals surface area contributed by atoms with E-state index in [1.165, 1.54) is 180 Å². The van der Waals surface area contributed by atoms with Crippen LogP contribution in [0.5, 0.6) is 5.75 Å². The summed E-state index contributed by atoms with van der Waals surface area (Å²) < 4.78 is 35.4. The van der Waals surface area contributed by atoms with Crippen molar-refractivity contribution in [1.82, 2.24) is 34.3 Å². The summed E-state index contributed by atoms with van der Waals surface area (Å²) in [7, 11) is 0.622. The second-order valence-electron chi connectivity index (χ2n) is 32.4. The number of imidazole rings is 2. The van der Waals surface area contributed by atoms with E-state index < -0.39 is 25.1 Å². The van der Waals surface area contributed by atoms with Crippen LogP contribution in [0.15, 0.2) is 55.6 Å². The normalized spacial score (nSPS) is 11.9. The molecule has 0 unspecified atom stereocenters. The zero-order valence-electron chi connectivity index (χ0n) is 73.8. The molecule has 0 aliphatic carbocycles. The molecule has 4 aromatic heterocycles. The Kier molecular flexibility index (Phi) is 45.9. The molecule has 24 heteroatoms. The molecule has 0 atom stereocenters. The number of hydrogen-bond donors (Lipinski definition) is 5. The van der Waals surface area contributed by atoms with Crippen molar-refractivity contribution in [3.8, 4) is 5.75 Å². The van der Waals surface area contributed by atoms with Crippen molar-refractivity contribution >= 4 is 97.5 Å². The number of methoxy groups -OCH3 is 1. The van der Waals surface area contributed by atoms with Gasteiger partial charge in [0.2, 0.25) is 0 Å². The maximum Gasteiger partial charge on any atom is 0.271 e. The number of rotatable bonds is 63. The van der Waals surface area contributed by atoms with Crippen LogP contribution in [-0.2, 0) is 22.0 Å². The first-order chi connectivity index (χ1) is 56.3. The van der Waals surface area contributed by atoms with Gasteiger partial charge in [-0.3, -0.25) is 19.2 Å². The van der Waals surface area contributed by atoms with Crippen molar-refractivity contribution in [3.63, 3.8) is 0 Å². The van der Waals surface area contributed by atoms with E-state index in [9.17, 15) is 28.3 Å². The van der Waals surface area contributed by atoms with E-state index in [1.54, 1.807) is 0 Å². The molecule has 8 aromatic rings. The van der Waals surface area contributed by atoms with Crippen molar-refractivity contribution in [1.29, 1.82) is 0 Å². The Labute approximate surface area is 695 Å². The number of fused-ring (bicyclic) bond motifs is 6. The van der Waals surface area contributed by atoms with Gasteiger partial charge in [0, 0.05) is 85.0 Å². The van der Waals surface area contributed by atoms with Gasteiger partial charge in [-0.2, -0.15) is 9.46 Å². The van der Waals surface area contributed by atoms with Crippen molar-refractivity contribution in [2.24, 2.45) is 5.73 Å². The molecule has 0 radical (unpaired) electrons. The summed E-state index contributed by atoms with van der Waals surface area (Å²) in [4.78, 5) is 84.4. The molecule has 8 rings (SSSR count). The summed E-state index contributed by atoms with van der Waals surface area (Å²) in [6.07, 6.45) is 52.1. The molecule has 0 aliphatic rings. The number of nitrogens with two attached hydrogens (primary N) is 3. The highest BCUT2D eigenvalue weighted by Gasteiger charge is 2.29. The summed E-state index contributed by atoms with van der Waals surface area (Å²) in [6.45, 7) is 22.1. The summed E-state index contributed by atoms with van der Waals surface area (Å²) in [5.74, 6) is 2.57. The molecule has 650 valence electrons. The van der Waals surface area contributed by atoms with Gasteiger partial charge in [-0.1, -0.05) is 260 Å². The van der Waals surface area contributed by atoms with Gasteiger partial charge in [0.25, 0.3) is 21.7 Å². The average molecular weight is 1650 g/mol. The summed E-state index contributed by atoms with van der Waals surface area (Å²) in [6, 6.07) is 11.8. The molecular formula is C92H153N13O9P2. The third-order valence-electron chi connectivity index (χ3n) is 23.1. The molecule has 0 amide bonds. The number of benzene rings is 2. The molecule has 0 spiro atoms. The lowest BCUT2D eigenvalue weighted by Crippen LogP contribution is -2.44. The summed E-state index contributed by atoms with van der Waals surface area (Å²) >= 11 is 0. The van der Waals surface area contributed by atoms with Gasteiger partial charge in [0.05, 0.1) is 18.1 Å². The Hall–Kier alpha value is -6.86. The zero-order valence-corrected chi connectivity index (χ0v) is 75.6. The second-order valence-corrected chi connectivity index (χ2v) is 39.5. The van der Waals surface area contributed by atoms with Crippen LogP contribution in [0.3, 0.4) is 0 Å². The molecule has 22 nitrogen and oxygen atoms in total. The molecule has 4 aromatic carbocycles. The van der Waals surface area contributed by atoms with Crippen molar-refractivity contribution < 1.29 is 23.5 Å².